The summed E-state index contributed by atoms with van der Waals surface area (Å²) in [6.45, 7) is 15.0. The molecule has 7 heavy (non-hydrogen) atoms. The summed E-state index contributed by atoms with van der Waals surface area (Å²) in [6.07, 6.45) is 0. The Morgan fingerprint density at radius 1 is 0.571 bits per heavy atom. The van der Waals surface area contributed by atoms with Gasteiger partial charge in [0.25, 0.3) is 0 Å². The fourth-order valence-electron chi connectivity index (χ4n) is 0. The fraction of sp³-hybridized carbons (Fsp3) is 0.500. The molecule has 45 valence electrons. The third-order valence-corrected chi connectivity index (χ3v) is 0. The molecule has 0 unspecified atom stereocenters. The second-order valence-corrected chi connectivity index (χ2v) is 0. The van der Waals surface area contributed by atoms with Gasteiger partial charge in [0.05, 0.1) is 0 Å². The Labute approximate surface area is 59.4 Å². The van der Waals surface area contributed by atoms with Crippen LogP contribution in [0.2, 0.25) is 0 Å². The molecule has 0 aromatic carbocycles. The SMILES string of the molecule is [Al].[CH2-]C.[CH2-]C.[CH2-]C. The van der Waals surface area contributed by atoms with E-state index in [1.165, 1.54) is 0 Å². The molecule has 0 heterocycles. The van der Waals surface area contributed by atoms with E-state index >= 15 is 0 Å². The number of hydrogen-bond acceptors (Lipinski definition) is 0. The molecule has 0 atom stereocenters. The molecule has 0 saturated heterocycles. The lowest BCUT2D eigenvalue weighted by molar-refractivity contribution is 1.81. The predicted molar refractivity (Wildman–Crippen MR) is 38.8 cm³/mol. The molecule has 0 bridgehead atoms. The van der Waals surface area contributed by atoms with Gasteiger partial charge >= 0.3 is 0 Å². The van der Waals surface area contributed by atoms with Crippen molar-refractivity contribution in [1.82, 2.24) is 0 Å². The Morgan fingerprint density at radius 3 is 0.571 bits per heavy atom. The lowest BCUT2D eigenvalue weighted by Gasteiger charge is -1.27. The van der Waals surface area contributed by atoms with Gasteiger partial charge in [-0.05, 0) is 0 Å². The highest BCUT2D eigenvalue weighted by Gasteiger charge is 0.737. The van der Waals surface area contributed by atoms with Crippen LogP contribution in [0, 0.1) is 20.8 Å². The highest BCUT2D eigenvalue weighted by atomic mass is 27.0. The second-order valence-electron chi connectivity index (χ2n) is 0. The topological polar surface area (TPSA) is 0 Å². The summed E-state index contributed by atoms with van der Waals surface area (Å²) in [7, 11) is 0. The zero-order valence-electron chi connectivity index (χ0n) is 5.70. The predicted octanol–water partition coefficient (Wildman–Crippen LogP) is 2.14. The Morgan fingerprint density at radius 2 is 0.571 bits per heavy atom. The first-order chi connectivity index (χ1) is 3.00. The Hall–Kier alpha value is 0.532. The molecule has 3 radical (unpaired) electrons. The molecular formula is C6H15Al-3. The maximum Gasteiger partial charge on any atom is 0 e. The Balaban J connectivity index is -0.00000000900. The van der Waals surface area contributed by atoms with Crippen LogP contribution in [0.3, 0.4) is 0 Å². The molecule has 0 aliphatic rings. The molecule has 0 aliphatic heterocycles. The maximum absolute atomic E-state index is 3.25. The van der Waals surface area contributed by atoms with Crippen molar-refractivity contribution in [1.29, 1.82) is 0 Å². The molecular weight excluding hydrogens is 99.0 g/mol. The van der Waals surface area contributed by atoms with E-state index in [-0.39, 0.29) is 17.4 Å². The lowest BCUT2D eigenvalue weighted by atomic mass is 11.0. The third kappa shape index (κ3) is 473. The second kappa shape index (κ2) is 705. The molecule has 0 spiro atoms. The number of rotatable bonds is 0. The minimum Gasteiger partial charge on any atom is -0.346 e. The van der Waals surface area contributed by atoms with Gasteiger partial charge in [0.2, 0.25) is 0 Å². The summed E-state index contributed by atoms with van der Waals surface area (Å²) in [5, 5.41) is 0. The van der Waals surface area contributed by atoms with Crippen LogP contribution in [-0.4, -0.2) is 17.4 Å². The molecule has 0 saturated carbocycles. The molecule has 0 N–H and O–H groups in total. The smallest absolute Gasteiger partial charge is 0 e. The molecule has 0 nitrogen and oxygen atoms in total. The van der Waals surface area contributed by atoms with E-state index in [2.05, 4.69) is 20.8 Å². The highest BCUT2D eigenvalue weighted by Crippen LogP contribution is 1.12. The molecule has 0 rings (SSSR count). The summed E-state index contributed by atoms with van der Waals surface area (Å²) in [5.41, 5.74) is 0. The van der Waals surface area contributed by atoms with Crippen LogP contribution in [-0.2, 0) is 0 Å². The van der Waals surface area contributed by atoms with E-state index < -0.39 is 0 Å². The van der Waals surface area contributed by atoms with Gasteiger partial charge < -0.3 is 20.8 Å². The van der Waals surface area contributed by atoms with Crippen LogP contribution < -0.4 is 0 Å². The van der Waals surface area contributed by atoms with E-state index in [1.807, 2.05) is 0 Å². The Kier molecular flexibility index (Phi) is 2600. The summed E-state index contributed by atoms with van der Waals surface area (Å²) in [5.74, 6) is 0. The van der Waals surface area contributed by atoms with Gasteiger partial charge in [-0.15, -0.1) is 0 Å². The van der Waals surface area contributed by atoms with Crippen LogP contribution in [0.25, 0.3) is 0 Å². The first-order valence-corrected chi connectivity index (χ1v) is 2.12. The molecule has 0 amide bonds. The fourth-order valence-corrected chi connectivity index (χ4v) is 0. The van der Waals surface area contributed by atoms with E-state index in [4.69, 9.17) is 0 Å². The van der Waals surface area contributed by atoms with E-state index in [0.717, 1.165) is 0 Å². The van der Waals surface area contributed by atoms with Crippen LogP contribution in [0.15, 0.2) is 0 Å². The van der Waals surface area contributed by atoms with Gasteiger partial charge in [0.1, 0.15) is 0 Å². The van der Waals surface area contributed by atoms with Gasteiger partial charge in [-0.1, -0.05) is 0 Å². The molecule has 0 aliphatic carbocycles. The first-order valence-electron chi connectivity index (χ1n) is 2.12. The largest absolute Gasteiger partial charge is 0.346 e. The van der Waals surface area contributed by atoms with E-state index in [0.29, 0.717) is 0 Å². The average Bonchev–Trinajstić information content (AvgIpc) is 1.81. The summed E-state index contributed by atoms with van der Waals surface area (Å²) in [6, 6.07) is 0. The summed E-state index contributed by atoms with van der Waals surface area (Å²) >= 11 is 0. The van der Waals surface area contributed by atoms with Crippen LogP contribution in [0.5, 0.6) is 0 Å². The zero-order valence-corrected chi connectivity index (χ0v) is 6.85. The molecule has 0 aromatic rings. The van der Waals surface area contributed by atoms with Crippen molar-refractivity contribution in [2.24, 2.45) is 0 Å². The van der Waals surface area contributed by atoms with Crippen molar-refractivity contribution in [2.45, 2.75) is 20.8 Å². The lowest BCUT2D eigenvalue weighted by Crippen LogP contribution is -0.888. The van der Waals surface area contributed by atoms with Crippen molar-refractivity contribution in [3.05, 3.63) is 20.8 Å². The van der Waals surface area contributed by atoms with Crippen molar-refractivity contribution in [3.63, 3.8) is 0 Å². The average molecular weight is 114 g/mol. The van der Waals surface area contributed by atoms with Crippen LogP contribution in [0.1, 0.15) is 20.8 Å². The Bertz CT molecular complexity index is 4.14. The third-order valence-electron chi connectivity index (χ3n) is 0. The van der Waals surface area contributed by atoms with Gasteiger partial charge in [0, 0.05) is 17.4 Å². The van der Waals surface area contributed by atoms with Gasteiger partial charge in [-0.2, -0.15) is 20.8 Å². The molecule has 0 fully saturated rings. The molecule has 0 aromatic heterocycles. The minimum atomic E-state index is 0. The van der Waals surface area contributed by atoms with E-state index in [9.17, 15) is 0 Å². The van der Waals surface area contributed by atoms with Crippen LogP contribution in [0.4, 0.5) is 0 Å². The van der Waals surface area contributed by atoms with Crippen molar-refractivity contribution in [2.75, 3.05) is 0 Å². The van der Waals surface area contributed by atoms with Crippen molar-refractivity contribution in [3.8, 4) is 0 Å². The van der Waals surface area contributed by atoms with Crippen molar-refractivity contribution < 1.29 is 0 Å². The van der Waals surface area contributed by atoms with Gasteiger partial charge in [-0.3, -0.25) is 0 Å². The monoisotopic (exact) mass is 114 g/mol. The van der Waals surface area contributed by atoms with Gasteiger partial charge in [-0.25, -0.2) is 0 Å². The summed E-state index contributed by atoms with van der Waals surface area (Å²) < 4.78 is 0. The maximum atomic E-state index is 3.25. The van der Waals surface area contributed by atoms with Crippen molar-refractivity contribution >= 4 is 17.4 Å². The normalized spacial score (nSPS) is 2.57. The minimum absolute atomic E-state index is 0. The highest BCUT2D eigenvalue weighted by molar-refractivity contribution is 5.75. The number of hydrogen-bond donors (Lipinski definition) is 0. The quantitative estimate of drug-likeness (QED) is 0.334. The van der Waals surface area contributed by atoms with E-state index in [1.54, 1.807) is 20.8 Å². The van der Waals surface area contributed by atoms with Gasteiger partial charge in [0.15, 0.2) is 0 Å². The summed E-state index contributed by atoms with van der Waals surface area (Å²) in [4.78, 5) is 0. The standard InChI is InChI=1S/3C2H5.Al/c3*1-2;/h3*1H2,2H3;/q3*-1;. The van der Waals surface area contributed by atoms with Crippen LogP contribution >= 0.6 is 0 Å². The first kappa shape index (κ1) is 25.8. The molecule has 1 heteroatoms. The zero-order chi connectivity index (χ0) is 6.00.